The second kappa shape index (κ2) is 5.95. The van der Waals surface area contributed by atoms with Crippen molar-refractivity contribution in [3.63, 3.8) is 0 Å². The molecule has 0 aliphatic heterocycles. The molecule has 1 saturated carbocycles. The van der Waals surface area contributed by atoms with E-state index in [2.05, 4.69) is 5.32 Å². The van der Waals surface area contributed by atoms with Gasteiger partial charge in [0.1, 0.15) is 10.8 Å². The van der Waals surface area contributed by atoms with Crippen LogP contribution in [0.5, 0.6) is 0 Å². The van der Waals surface area contributed by atoms with Crippen LogP contribution in [0.25, 0.3) is 10.9 Å². The number of hydrogen-bond donors (Lipinski definition) is 2. The molecule has 0 radical (unpaired) electrons. The molecule has 1 fully saturated rings. The van der Waals surface area contributed by atoms with Crippen LogP contribution in [-0.4, -0.2) is 29.2 Å². The first-order valence-corrected chi connectivity index (χ1v) is 7.57. The van der Waals surface area contributed by atoms with Gasteiger partial charge in [-0.05, 0) is 31.4 Å². The van der Waals surface area contributed by atoms with Crippen LogP contribution in [0.15, 0.2) is 30.3 Å². The molecule has 4 nitrogen and oxygen atoms in total. The van der Waals surface area contributed by atoms with Gasteiger partial charge in [-0.2, -0.15) is 0 Å². The second-order valence-electron chi connectivity index (χ2n) is 5.45. The minimum atomic E-state index is 0.330. The average molecular weight is 301 g/mol. The zero-order chi connectivity index (χ0) is 14.8. The van der Waals surface area contributed by atoms with Gasteiger partial charge in [0, 0.05) is 18.5 Å². The highest BCUT2D eigenvalue weighted by Crippen LogP contribution is 2.27. The lowest BCUT2D eigenvalue weighted by atomic mass is 10.1. The van der Waals surface area contributed by atoms with Crippen LogP contribution in [0.4, 0.5) is 5.82 Å². The Morgan fingerprint density at radius 2 is 2.19 bits per heavy atom. The summed E-state index contributed by atoms with van der Waals surface area (Å²) in [5.74, 6) is 0.781. The lowest BCUT2D eigenvalue weighted by Gasteiger charge is -2.17. The number of aromatic nitrogens is 1. The van der Waals surface area contributed by atoms with Crippen LogP contribution in [0.2, 0.25) is 0 Å². The van der Waals surface area contributed by atoms with E-state index in [1.165, 1.54) is 0 Å². The zero-order valence-corrected chi connectivity index (χ0v) is 12.8. The highest BCUT2D eigenvalue weighted by atomic mass is 32.1. The minimum Gasteiger partial charge on any atom is -0.389 e. The van der Waals surface area contributed by atoms with Crippen LogP contribution >= 0.6 is 12.2 Å². The van der Waals surface area contributed by atoms with Crippen molar-refractivity contribution in [2.45, 2.75) is 31.4 Å². The number of ether oxygens (including phenoxy) is 1. The van der Waals surface area contributed by atoms with E-state index in [0.29, 0.717) is 17.1 Å². The quantitative estimate of drug-likeness (QED) is 0.850. The maximum Gasteiger partial charge on any atom is 0.137 e. The molecule has 0 saturated heterocycles. The predicted molar refractivity (Wildman–Crippen MR) is 89.7 cm³/mol. The normalized spacial score (nSPS) is 21.6. The van der Waals surface area contributed by atoms with Crippen molar-refractivity contribution >= 4 is 33.9 Å². The van der Waals surface area contributed by atoms with E-state index < -0.39 is 0 Å². The van der Waals surface area contributed by atoms with E-state index >= 15 is 0 Å². The van der Waals surface area contributed by atoms with E-state index in [4.69, 9.17) is 27.7 Å². The van der Waals surface area contributed by atoms with Crippen molar-refractivity contribution < 1.29 is 4.74 Å². The number of benzene rings is 1. The van der Waals surface area contributed by atoms with E-state index in [0.717, 1.165) is 41.5 Å². The van der Waals surface area contributed by atoms with Crippen molar-refractivity contribution in [1.82, 2.24) is 4.98 Å². The number of rotatable bonds is 4. The third kappa shape index (κ3) is 2.99. The standard InChI is InChI=1S/C16H19N3OS/c1-20-12-7-6-11(9-12)18-16-13(15(17)21)8-10-4-2-3-5-14(10)19-16/h2-5,8,11-12H,6-7,9H2,1H3,(H2,17,21)(H,18,19). The summed E-state index contributed by atoms with van der Waals surface area (Å²) in [5.41, 5.74) is 7.62. The molecular formula is C16H19N3OS. The first-order chi connectivity index (χ1) is 10.2. The fraction of sp³-hybridized carbons (Fsp3) is 0.375. The van der Waals surface area contributed by atoms with Gasteiger partial charge < -0.3 is 15.8 Å². The number of hydrogen-bond acceptors (Lipinski definition) is 4. The molecule has 21 heavy (non-hydrogen) atoms. The SMILES string of the molecule is COC1CCC(Nc2nc3ccccc3cc2C(N)=S)C1. The summed E-state index contributed by atoms with van der Waals surface area (Å²) in [6, 6.07) is 10.4. The Hall–Kier alpha value is -1.72. The Morgan fingerprint density at radius 1 is 1.38 bits per heavy atom. The Balaban J connectivity index is 1.92. The Morgan fingerprint density at radius 3 is 2.90 bits per heavy atom. The van der Waals surface area contributed by atoms with Crippen molar-refractivity contribution in [2.75, 3.05) is 12.4 Å². The molecule has 2 aromatic rings. The molecule has 2 atom stereocenters. The van der Waals surface area contributed by atoms with Gasteiger partial charge in [-0.3, -0.25) is 0 Å². The van der Waals surface area contributed by atoms with Gasteiger partial charge in [-0.25, -0.2) is 4.98 Å². The Labute approximate surface area is 129 Å². The molecule has 1 aliphatic carbocycles. The molecule has 1 aromatic carbocycles. The topological polar surface area (TPSA) is 60.2 Å². The minimum absolute atomic E-state index is 0.330. The fourth-order valence-corrected chi connectivity index (χ4v) is 3.05. The van der Waals surface area contributed by atoms with Crippen LogP contribution in [0.1, 0.15) is 24.8 Å². The number of nitrogens with zero attached hydrogens (tertiary/aromatic N) is 1. The number of methoxy groups -OCH3 is 1. The van der Waals surface area contributed by atoms with Gasteiger partial charge in [0.2, 0.25) is 0 Å². The number of fused-ring (bicyclic) bond motifs is 1. The molecule has 3 rings (SSSR count). The van der Waals surface area contributed by atoms with Gasteiger partial charge in [0.25, 0.3) is 0 Å². The second-order valence-corrected chi connectivity index (χ2v) is 5.89. The van der Waals surface area contributed by atoms with Crippen LogP contribution < -0.4 is 11.1 Å². The largest absolute Gasteiger partial charge is 0.389 e. The molecule has 2 unspecified atom stereocenters. The molecule has 1 aliphatic rings. The van der Waals surface area contributed by atoms with E-state index in [9.17, 15) is 0 Å². The number of nitrogens with one attached hydrogen (secondary N) is 1. The summed E-state index contributed by atoms with van der Waals surface area (Å²) in [5, 5.41) is 4.54. The molecular weight excluding hydrogens is 282 g/mol. The van der Waals surface area contributed by atoms with Gasteiger partial charge >= 0.3 is 0 Å². The highest BCUT2D eigenvalue weighted by molar-refractivity contribution is 7.80. The van der Waals surface area contributed by atoms with E-state index in [-0.39, 0.29) is 0 Å². The van der Waals surface area contributed by atoms with E-state index in [1.54, 1.807) is 7.11 Å². The van der Waals surface area contributed by atoms with Gasteiger partial charge in [-0.1, -0.05) is 30.4 Å². The lowest BCUT2D eigenvalue weighted by molar-refractivity contribution is 0.108. The predicted octanol–water partition coefficient (Wildman–Crippen LogP) is 2.85. The number of anilines is 1. The molecule has 0 bridgehead atoms. The maximum atomic E-state index is 5.86. The summed E-state index contributed by atoms with van der Waals surface area (Å²) >= 11 is 5.17. The van der Waals surface area contributed by atoms with Crippen molar-refractivity contribution in [3.8, 4) is 0 Å². The summed E-state index contributed by atoms with van der Waals surface area (Å²) < 4.78 is 5.42. The summed E-state index contributed by atoms with van der Waals surface area (Å²) in [4.78, 5) is 5.06. The zero-order valence-electron chi connectivity index (χ0n) is 12.0. The van der Waals surface area contributed by atoms with Crippen LogP contribution in [0.3, 0.4) is 0 Å². The monoisotopic (exact) mass is 301 g/mol. The lowest BCUT2D eigenvalue weighted by Crippen LogP contribution is -2.21. The highest BCUT2D eigenvalue weighted by Gasteiger charge is 2.25. The third-order valence-electron chi connectivity index (χ3n) is 4.05. The smallest absolute Gasteiger partial charge is 0.137 e. The number of thiocarbonyl (C=S) groups is 1. The number of nitrogens with two attached hydrogens (primary N) is 1. The van der Waals surface area contributed by atoms with Gasteiger partial charge in [-0.15, -0.1) is 0 Å². The van der Waals surface area contributed by atoms with Gasteiger partial charge in [0.05, 0.1) is 17.2 Å². The molecule has 0 amide bonds. The summed E-state index contributed by atoms with van der Waals surface area (Å²) in [6.07, 6.45) is 3.46. The van der Waals surface area contributed by atoms with Crippen LogP contribution in [-0.2, 0) is 4.74 Å². The first-order valence-electron chi connectivity index (χ1n) is 7.16. The summed E-state index contributed by atoms with van der Waals surface area (Å²) in [6.45, 7) is 0. The fourth-order valence-electron chi connectivity index (χ4n) is 2.89. The van der Waals surface area contributed by atoms with Gasteiger partial charge in [0.15, 0.2) is 0 Å². The molecule has 1 aromatic heterocycles. The number of para-hydroxylation sites is 1. The Kier molecular flexibility index (Phi) is 4.03. The molecule has 5 heteroatoms. The molecule has 3 N–H and O–H groups in total. The summed E-state index contributed by atoms with van der Waals surface area (Å²) in [7, 11) is 1.77. The molecule has 0 spiro atoms. The Bertz CT molecular complexity index is 674. The third-order valence-corrected chi connectivity index (χ3v) is 4.27. The molecule has 110 valence electrons. The van der Waals surface area contributed by atoms with Crippen molar-refractivity contribution in [3.05, 3.63) is 35.9 Å². The number of pyridine rings is 1. The average Bonchev–Trinajstić information content (AvgIpc) is 2.94. The molecule has 1 heterocycles. The van der Waals surface area contributed by atoms with Crippen LogP contribution in [0, 0.1) is 0 Å². The van der Waals surface area contributed by atoms with Crippen molar-refractivity contribution in [2.24, 2.45) is 5.73 Å². The van der Waals surface area contributed by atoms with Crippen molar-refractivity contribution in [1.29, 1.82) is 0 Å². The first kappa shape index (κ1) is 14.2. The maximum absolute atomic E-state index is 5.86. The van der Waals surface area contributed by atoms with E-state index in [1.807, 2.05) is 30.3 Å².